The smallest absolute Gasteiger partial charge is 0.243 e. The number of sulfonamides is 1. The van der Waals surface area contributed by atoms with Crippen molar-refractivity contribution in [3.05, 3.63) is 41.1 Å². The van der Waals surface area contributed by atoms with E-state index in [2.05, 4.69) is 5.16 Å². The molecule has 1 aromatic carbocycles. The maximum Gasteiger partial charge on any atom is 0.243 e. The van der Waals surface area contributed by atoms with Crippen LogP contribution in [0, 0.1) is 6.92 Å². The Morgan fingerprint density at radius 2 is 1.77 bits per heavy atom. The number of benzene rings is 1. The van der Waals surface area contributed by atoms with Crippen molar-refractivity contribution in [3.63, 3.8) is 0 Å². The summed E-state index contributed by atoms with van der Waals surface area (Å²) in [7, 11) is -3.48. The van der Waals surface area contributed by atoms with E-state index >= 15 is 0 Å². The fourth-order valence-electron chi connectivity index (χ4n) is 2.42. The summed E-state index contributed by atoms with van der Waals surface area (Å²) in [6.45, 7) is 3.82. The lowest BCUT2D eigenvalue weighted by molar-refractivity contribution is 0.371. The van der Waals surface area contributed by atoms with Crippen LogP contribution >= 0.6 is 11.6 Å². The van der Waals surface area contributed by atoms with E-state index < -0.39 is 10.0 Å². The van der Waals surface area contributed by atoms with E-state index in [0.717, 1.165) is 11.6 Å². The summed E-state index contributed by atoms with van der Waals surface area (Å²) >= 11 is 5.81. The summed E-state index contributed by atoms with van der Waals surface area (Å²) in [5, 5.41) is 4.48. The van der Waals surface area contributed by atoms with Gasteiger partial charge in [-0.2, -0.15) is 4.31 Å². The molecule has 1 aromatic heterocycles. The maximum absolute atomic E-state index is 12.6. The van der Waals surface area contributed by atoms with Gasteiger partial charge in [0.2, 0.25) is 10.0 Å². The molecule has 3 rings (SSSR count). The van der Waals surface area contributed by atoms with Crippen LogP contribution in [-0.4, -0.2) is 44.1 Å². The van der Waals surface area contributed by atoms with Gasteiger partial charge in [-0.15, -0.1) is 0 Å². The van der Waals surface area contributed by atoms with Gasteiger partial charge in [0.15, 0.2) is 5.82 Å². The van der Waals surface area contributed by atoms with Crippen LogP contribution < -0.4 is 4.90 Å². The lowest BCUT2D eigenvalue weighted by atomic mass is 10.3. The molecule has 0 N–H and O–H groups in total. The first-order chi connectivity index (χ1) is 10.5. The fourth-order valence-corrected chi connectivity index (χ4v) is 3.96. The summed E-state index contributed by atoms with van der Waals surface area (Å²) in [4.78, 5) is 2.28. The van der Waals surface area contributed by atoms with E-state index in [-0.39, 0.29) is 4.90 Å². The average molecular weight is 342 g/mol. The van der Waals surface area contributed by atoms with Gasteiger partial charge in [-0.05, 0) is 31.2 Å². The minimum Gasteiger partial charge on any atom is -0.360 e. The van der Waals surface area contributed by atoms with Crippen LogP contribution in [0.15, 0.2) is 39.8 Å². The first kappa shape index (κ1) is 15.3. The molecule has 0 amide bonds. The molecular formula is C14H16ClN3O3S. The first-order valence-corrected chi connectivity index (χ1v) is 8.72. The summed E-state index contributed by atoms with van der Waals surface area (Å²) in [5.41, 5.74) is 0. The lowest BCUT2D eigenvalue weighted by Crippen LogP contribution is -2.48. The Kier molecular flexibility index (Phi) is 4.12. The van der Waals surface area contributed by atoms with Gasteiger partial charge in [-0.3, -0.25) is 0 Å². The number of piperazine rings is 1. The molecule has 0 saturated carbocycles. The quantitative estimate of drug-likeness (QED) is 0.855. The van der Waals surface area contributed by atoms with Gasteiger partial charge in [0.1, 0.15) is 5.76 Å². The molecule has 1 saturated heterocycles. The van der Waals surface area contributed by atoms with Crippen molar-refractivity contribution in [2.24, 2.45) is 0 Å². The highest BCUT2D eigenvalue weighted by Gasteiger charge is 2.29. The van der Waals surface area contributed by atoms with Crippen LogP contribution in [-0.2, 0) is 10.0 Å². The van der Waals surface area contributed by atoms with Gasteiger partial charge in [0.25, 0.3) is 0 Å². The number of nitrogens with zero attached hydrogens (tertiary/aromatic N) is 3. The van der Waals surface area contributed by atoms with Crippen LogP contribution in [0.2, 0.25) is 5.02 Å². The minimum absolute atomic E-state index is 0.266. The molecule has 1 fully saturated rings. The molecule has 0 spiro atoms. The Bertz CT molecular complexity index is 750. The van der Waals surface area contributed by atoms with E-state index in [1.165, 1.54) is 16.4 Å². The molecule has 0 unspecified atom stereocenters. The Balaban J connectivity index is 1.71. The van der Waals surface area contributed by atoms with E-state index in [4.69, 9.17) is 16.1 Å². The van der Waals surface area contributed by atoms with E-state index in [0.29, 0.717) is 31.2 Å². The van der Waals surface area contributed by atoms with Crippen molar-refractivity contribution >= 4 is 27.4 Å². The highest BCUT2D eigenvalue weighted by molar-refractivity contribution is 7.89. The topological polar surface area (TPSA) is 66.7 Å². The van der Waals surface area contributed by atoms with Crippen molar-refractivity contribution in [2.45, 2.75) is 11.8 Å². The molecule has 0 bridgehead atoms. The van der Waals surface area contributed by atoms with Gasteiger partial charge in [-0.1, -0.05) is 16.8 Å². The standard InChI is InChI=1S/C14H16ClN3O3S/c1-11-10-14(16-21-11)17-6-8-18(9-7-17)22(19,20)13-4-2-12(15)3-5-13/h2-5,10H,6-9H2,1H3. The predicted molar refractivity (Wildman–Crippen MR) is 83.7 cm³/mol. The van der Waals surface area contributed by atoms with Crippen molar-refractivity contribution in [1.29, 1.82) is 0 Å². The molecule has 8 heteroatoms. The highest BCUT2D eigenvalue weighted by Crippen LogP contribution is 2.22. The van der Waals surface area contributed by atoms with Crippen LogP contribution in [0.4, 0.5) is 5.82 Å². The minimum atomic E-state index is -3.48. The second-order valence-electron chi connectivity index (χ2n) is 5.14. The zero-order valence-corrected chi connectivity index (χ0v) is 13.6. The largest absolute Gasteiger partial charge is 0.360 e. The Morgan fingerprint density at radius 1 is 1.14 bits per heavy atom. The molecular weight excluding hydrogens is 326 g/mol. The number of rotatable bonds is 3. The second-order valence-corrected chi connectivity index (χ2v) is 7.52. The van der Waals surface area contributed by atoms with Gasteiger partial charge in [0.05, 0.1) is 4.90 Å². The number of aromatic nitrogens is 1. The number of hydrogen-bond acceptors (Lipinski definition) is 5. The summed E-state index contributed by atoms with van der Waals surface area (Å²) in [6, 6.07) is 8.09. The number of aryl methyl sites for hydroxylation is 1. The SMILES string of the molecule is Cc1cc(N2CCN(S(=O)(=O)c3ccc(Cl)cc3)CC2)no1. The zero-order chi connectivity index (χ0) is 15.7. The lowest BCUT2D eigenvalue weighted by Gasteiger charge is -2.33. The van der Waals surface area contributed by atoms with Crippen molar-refractivity contribution in [2.75, 3.05) is 31.1 Å². The summed E-state index contributed by atoms with van der Waals surface area (Å²) in [5.74, 6) is 1.49. The van der Waals surface area contributed by atoms with Gasteiger partial charge in [-0.25, -0.2) is 8.42 Å². The van der Waals surface area contributed by atoms with E-state index in [1.807, 2.05) is 17.9 Å². The normalized spacial score (nSPS) is 16.9. The highest BCUT2D eigenvalue weighted by atomic mass is 35.5. The molecule has 118 valence electrons. The molecule has 2 heterocycles. The Labute approximate surface area is 134 Å². The molecule has 6 nitrogen and oxygen atoms in total. The zero-order valence-electron chi connectivity index (χ0n) is 12.1. The molecule has 1 aliphatic rings. The van der Waals surface area contributed by atoms with Gasteiger partial charge >= 0.3 is 0 Å². The summed E-state index contributed by atoms with van der Waals surface area (Å²) < 4.78 is 31.7. The Morgan fingerprint density at radius 3 is 2.32 bits per heavy atom. The third-order valence-electron chi connectivity index (χ3n) is 3.63. The second kappa shape index (κ2) is 5.91. The maximum atomic E-state index is 12.6. The molecule has 1 aliphatic heterocycles. The van der Waals surface area contributed by atoms with Gasteiger partial charge < -0.3 is 9.42 Å². The molecule has 0 atom stereocenters. The number of anilines is 1. The fraction of sp³-hybridized carbons (Fsp3) is 0.357. The van der Waals surface area contributed by atoms with Crippen molar-refractivity contribution in [1.82, 2.24) is 9.46 Å². The van der Waals surface area contributed by atoms with Crippen LogP contribution in [0.1, 0.15) is 5.76 Å². The molecule has 0 aliphatic carbocycles. The third kappa shape index (κ3) is 2.97. The predicted octanol–water partition coefficient (Wildman–Crippen LogP) is 2.15. The Hall–Kier alpha value is -1.57. The molecule has 2 aromatic rings. The van der Waals surface area contributed by atoms with Crippen molar-refractivity contribution < 1.29 is 12.9 Å². The number of hydrogen-bond donors (Lipinski definition) is 0. The van der Waals surface area contributed by atoms with Crippen LogP contribution in [0.3, 0.4) is 0 Å². The third-order valence-corrected chi connectivity index (χ3v) is 5.79. The van der Waals surface area contributed by atoms with Crippen LogP contribution in [0.25, 0.3) is 0 Å². The van der Waals surface area contributed by atoms with E-state index in [9.17, 15) is 8.42 Å². The molecule has 0 radical (unpaired) electrons. The van der Waals surface area contributed by atoms with E-state index in [1.54, 1.807) is 12.1 Å². The molecule has 22 heavy (non-hydrogen) atoms. The first-order valence-electron chi connectivity index (χ1n) is 6.91. The summed E-state index contributed by atoms with van der Waals surface area (Å²) in [6.07, 6.45) is 0. The van der Waals surface area contributed by atoms with Crippen LogP contribution in [0.5, 0.6) is 0 Å². The van der Waals surface area contributed by atoms with Gasteiger partial charge in [0, 0.05) is 37.3 Å². The average Bonchev–Trinajstić information content (AvgIpc) is 2.94. The monoisotopic (exact) mass is 341 g/mol. The van der Waals surface area contributed by atoms with Crippen molar-refractivity contribution in [3.8, 4) is 0 Å². The number of halogens is 1.